The Morgan fingerprint density at radius 2 is 1.77 bits per heavy atom. The van der Waals surface area contributed by atoms with Crippen molar-refractivity contribution in [2.75, 3.05) is 27.9 Å². The van der Waals surface area contributed by atoms with Gasteiger partial charge in [0.1, 0.15) is 5.69 Å². The van der Waals surface area contributed by atoms with Crippen molar-refractivity contribution in [1.29, 1.82) is 0 Å². The quantitative estimate of drug-likeness (QED) is 0.310. The van der Waals surface area contributed by atoms with Crippen LogP contribution in [0.2, 0.25) is 0 Å². The highest BCUT2D eigenvalue weighted by molar-refractivity contribution is 6.10. The minimum absolute atomic E-state index is 0.199. The largest absolute Gasteiger partial charge is 0.515 e. The number of hydrogen-bond donors (Lipinski definition) is 1. The number of hydrogen-bond acceptors (Lipinski definition) is 7. The lowest BCUT2D eigenvalue weighted by atomic mass is 10.1. The average Bonchev–Trinajstić information content (AvgIpc) is 3.05. The number of ether oxygens (including phenoxy) is 4. The third kappa shape index (κ3) is 4.23. The highest BCUT2D eigenvalue weighted by Crippen LogP contribution is 2.39. The number of allylic oxidation sites excluding steroid dienone is 1. The van der Waals surface area contributed by atoms with Gasteiger partial charge in [-0.15, -0.1) is 0 Å². The maximum absolute atomic E-state index is 13.1. The van der Waals surface area contributed by atoms with Gasteiger partial charge in [0.15, 0.2) is 11.5 Å². The standard InChI is InChI=1S/C23H27NO7/c1-5-31-23(27)17-11-15-7-6-8-16(13-25)21(26)20(15)24(17)12-14-9-18(28-2)22(30-4)19(10-14)29-3/h9-11,13,25H,5-8,12H2,1-4H3/b16-13+. The van der Waals surface area contributed by atoms with Gasteiger partial charge in [0.2, 0.25) is 11.5 Å². The second-order valence-corrected chi connectivity index (χ2v) is 7.08. The summed E-state index contributed by atoms with van der Waals surface area (Å²) in [6, 6.07) is 5.25. The highest BCUT2D eigenvalue weighted by atomic mass is 16.5. The van der Waals surface area contributed by atoms with Gasteiger partial charge in [0.05, 0.1) is 39.9 Å². The molecule has 0 atom stereocenters. The van der Waals surface area contributed by atoms with E-state index in [1.807, 2.05) is 0 Å². The lowest BCUT2D eigenvalue weighted by Crippen LogP contribution is -2.18. The molecule has 1 aromatic heterocycles. The van der Waals surface area contributed by atoms with E-state index < -0.39 is 5.97 Å². The Morgan fingerprint density at radius 1 is 1.10 bits per heavy atom. The zero-order valence-electron chi connectivity index (χ0n) is 18.2. The fourth-order valence-corrected chi connectivity index (χ4v) is 3.87. The van der Waals surface area contributed by atoms with E-state index in [0.29, 0.717) is 47.8 Å². The van der Waals surface area contributed by atoms with Gasteiger partial charge in [-0.3, -0.25) is 4.79 Å². The average molecular weight is 429 g/mol. The third-order valence-electron chi connectivity index (χ3n) is 5.28. The van der Waals surface area contributed by atoms with Crippen LogP contribution in [0.4, 0.5) is 0 Å². The number of carbonyl (C=O) groups is 2. The van der Waals surface area contributed by atoms with Crippen molar-refractivity contribution in [3.63, 3.8) is 0 Å². The summed E-state index contributed by atoms with van der Waals surface area (Å²) in [4.78, 5) is 25.8. The lowest BCUT2D eigenvalue weighted by Gasteiger charge is -2.17. The van der Waals surface area contributed by atoms with Crippen molar-refractivity contribution in [3.8, 4) is 17.2 Å². The van der Waals surface area contributed by atoms with E-state index in [0.717, 1.165) is 17.4 Å². The molecule has 0 bridgehead atoms. The summed E-state index contributed by atoms with van der Waals surface area (Å²) >= 11 is 0. The Labute approximate surface area is 181 Å². The van der Waals surface area contributed by atoms with Gasteiger partial charge < -0.3 is 28.6 Å². The number of esters is 1. The zero-order chi connectivity index (χ0) is 22.5. The molecule has 0 amide bonds. The van der Waals surface area contributed by atoms with Crippen LogP contribution in [-0.4, -0.2) is 49.4 Å². The van der Waals surface area contributed by atoms with Crippen molar-refractivity contribution >= 4 is 11.8 Å². The molecule has 1 heterocycles. The molecule has 1 N–H and O–H groups in total. The molecule has 3 rings (SSSR count). The summed E-state index contributed by atoms with van der Waals surface area (Å²) in [5.74, 6) is 0.584. The number of aliphatic hydroxyl groups excluding tert-OH is 1. The molecule has 166 valence electrons. The molecule has 0 unspecified atom stereocenters. The molecular weight excluding hydrogens is 402 g/mol. The molecule has 0 fully saturated rings. The fourth-order valence-electron chi connectivity index (χ4n) is 3.87. The molecule has 2 aromatic rings. The van der Waals surface area contributed by atoms with Gasteiger partial charge in [-0.1, -0.05) is 0 Å². The summed E-state index contributed by atoms with van der Waals surface area (Å²) in [5, 5.41) is 9.56. The van der Waals surface area contributed by atoms with E-state index >= 15 is 0 Å². The molecule has 0 saturated carbocycles. The summed E-state index contributed by atoms with van der Waals surface area (Å²) in [6.45, 7) is 2.15. The second-order valence-electron chi connectivity index (χ2n) is 7.08. The molecule has 0 spiro atoms. The fraction of sp³-hybridized carbons (Fsp3) is 0.391. The smallest absolute Gasteiger partial charge is 0.354 e. The number of ketones is 1. The van der Waals surface area contributed by atoms with Crippen LogP contribution >= 0.6 is 0 Å². The molecule has 1 aliphatic rings. The predicted octanol–water partition coefficient (Wildman–Crippen LogP) is 3.70. The first-order chi connectivity index (χ1) is 15.0. The maximum atomic E-state index is 13.1. The number of Topliss-reactive ketones (excluding diaryl/α,β-unsaturated/α-hetero) is 1. The Hall–Kier alpha value is -3.42. The number of methoxy groups -OCH3 is 3. The van der Waals surface area contributed by atoms with Crippen LogP contribution in [0.15, 0.2) is 30.0 Å². The molecule has 1 aliphatic carbocycles. The van der Waals surface area contributed by atoms with E-state index in [9.17, 15) is 14.7 Å². The number of aromatic nitrogens is 1. The molecule has 8 heteroatoms. The summed E-state index contributed by atoms with van der Waals surface area (Å²) < 4.78 is 23.1. The summed E-state index contributed by atoms with van der Waals surface area (Å²) in [5.41, 5.74) is 2.49. The number of fused-ring (bicyclic) bond motifs is 1. The van der Waals surface area contributed by atoms with Gasteiger partial charge >= 0.3 is 5.97 Å². The number of nitrogens with zero attached hydrogens (tertiary/aromatic N) is 1. The number of aryl methyl sites for hydroxylation is 1. The van der Waals surface area contributed by atoms with Crippen LogP contribution in [-0.2, 0) is 17.7 Å². The monoisotopic (exact) mass is 429 g/mol. The lowest BCUT2D eigenvalue weighted by molar-refractivity contribution is 0.0514. The third-order valence-corrected chi connectivity index (χ3v) is 5.28. The van der Waals surface area contributed by atoms with E-state index in [1.54, 1.807) is 29.7 Å². The predicted molar refractivity (Wildman–Crippen MR) is 114 cm³/mol. The van der Waals surface area contributed by atoms with Crippen molar-refractivity contribution in [2.24, 2.45) is 0 Å². The van der Waals surface area contributed by atoms with Crippen molar-refractivity contribution in [1.82, 2.24) is 4.57 Å². The Morgan fingerprint density at radius 3 is 2.32 bits per heavy atom. The van der Waals surface area contributed by atoms with E-state index in [-0.39, 0.29) is 24.6 Å². The zero-order valence-corrected chi connectivity index (χ0v) is 18.2. The van der Waals surface area contributed by atoms with Gasteiger partial charge in [-0.2, -0.15) is 0 Å². The minimum atomic E-state index is -0.509. The maximum Gasteiger partial charge on any atom is 0.354 e. The van der Waals surface area contributed by atoms with Gasteiger partial charge in [0.25, 0.3) is 0 Å². The highest BCUT2D eigenvalue weighted by Gasteiger charge is 2.29. The van der Waals surface area contributed by atoms with Crippen LogP contribution < -0.4 is 14.2 Å². The van der Waals surface area contributed by atoms with Gasteiger partial charge in [-0.25, -0.2) is 4.79 Å². The first-order valence-corrected chi connectivity index (χ1v) is 10.0. The van der Waals surface area contributed by atoms with Crippen molar-refractivity contribution in [3.05, 3.63) is 52.5 Å². The van der Waals surface area contributed by atoms with Gasteiger partial charge in [-0.05, 0) is 55.5 Å². The molecular formula is C23H27NO7. The van der Waals surface area contributed by atoms with Crippen LogP contribution in [0.25, 0.3) is 0 Å². The van der Waals surface area contributed by atoms with Crippen LogP contribution in [0, 0.1) is 0 Å². The number of benzene rings is 1. The first kappa shape index (κ1) is 22.3. The normalized spacial score (nSPS) is 14.7. The molecule has 0 radical (unpaired) electrons. The minimum Gasteiger partial charge on any atom is -0.515 e. The first-order valence-electron chi connectivity index (χ1n) is 10.0. The van der Waals surface area contributed by atoms with E-state index in [4.69, 9.17) is 18.9 Å². The summed E-state index contributed by atoms with van der Waals surface area (Å²) in [7, 11) is 4.56. The van der Waals surface area contributed by atoms with Crippen molar-refractivity contribution in [2.45, 2.75) is 32.7 Å². The van der Waals surface area contributed by atoms with E-state index in [2.05, 4.69) is 0 Å². The van der Waals surface area contributed by atoms with Crippen LogP contribution in [0.3, 0.4) is 0 Å². The Balaban J connectivity index is 2.17. The number of rotatable bonds is 7. The molecule has 0 saturated heterocycles. The summed E-state index contributed by atoms with van der Waals surface area (Å²) in [6.07, 6.45) is 2.65. The van der Waals surface area contributed by atoms with E-state index in [1.165, 1.54) is 21.3 Å². The molecule has 8 nitrogen and oxygen atoms in total. The molecule has 31 heavy (non-hydrogen) atoms. The molecule has 0 aliphatic heterocycles. The number of carbonyl (C=O) groups excluding carboxylic acids is 2. The van der Waals surface area contributed by atoms with Crippen molar-refractivity contribution < 1.29 is 33.6 Å². The van der Waals surface area contributed by atoms with Crippen LogP contribution in [0.1, 0.15) is 51.9 Å². The second kappa shape index (κ2) is 9.59. The number of aliphatic hydroxyl groups is 1. The molecule has 1 aromatic carbocycles. The van der Waals surface area contributed by atoms with Crippen LogP contribution in [0.5, 0.6) is 17.2 Å². The Kier molecular flexibility index (Phi) is 6.89. The Bertz CT molecular complexity index is 994. The topological polar surface area (TPSA) is 96.2 Å². The van der Waals surface area contributed by atoms with Gasteiger partial charge in [0, 0.05) is 12.1 Å². The SMILES string of the molecule is CCOC(=O)c1cc2c(n1Cc1cc(OC)c(OC)c(OC)c1)C(=O)/C(=C/O)CCC2.